The van der Waals surface area contributed by atoms with Gasteiger partial charge in [-0.2, -0.15) is 4.37 Å². The fraction of sp³-hybridized carbons (Fsp3) is 0.778. The van der Waals surface area contributed by atoms with Crippen LogP contribution in [0.1, 0.15) is 38.4 Å². The summed E-state index contributed by atoms with van der Waals surface area (Å²) in [6.07, 6.45) is 2.44. The molecule has 1 saturated carbocycles. The molecule has 1 aliphatic rings. The van der Waals surface area contributed by atoms with E-state index in [9.17, 15) is 0 Å². The zero-order valence-electron chi connectivity index (χ0n) is 8.45. The Hall–Kier alpha value is -0.680. The first-order valence-corrected chi connectivity index (χ1v) is 5.61. The van der Waals surface area contributed by atoms with E-state index in [1.165, 1.54) is 24.4 Å². The van der Waals surface area contributed by atoms with Crippen molar-refractivity contribution in [1.29, 1.82) is 0 Å². The summed E-state index contributed by atoms with van der Waals surface area (Å²) in [4.78, 5) is 4.39. The van der Waals surface area contributed by atoms with E-state index in [0.717, 1.165) is 11.0 Å². The largest absolute Gasteiger partial charge is 0.394 e. The SMILES string of the molecule is CC(C)(CO)Nc1nc(C2CC2)ns1. The van der Waals surface area contributed by atoms with Crippen LogP contribution in [-0.4, -0.2) is 26.6 Å². The van der Waals surface area contributed by atoms with Crippen LogP contribution in [0.25, 0.3) is 0 Å². The molecule has 1 aromatic heterocycles. The Labute approximate surface area is 87.5 Å². The van der Waals surface area contributed by atoms with Gasteiger partial charge in [-0.05, 0) is 26.7 Å². The normalized spacial score (nSPS) is 17.1. The Kier molecular flexibility index (Phi) is 2.45. The van der Waals surface area contributed by atoms with E-state index in [1.807, 2.05) is 13.8 Å². The highest BCUT2D eigenvalue weighted by Gasteiger charge is 2.28. The molecule has 0 radical (unpaired) electrons. The lowest BCUT2D eigenvalue weighted by Crippen LogP contribution is -2.34. The highest BCUT2D eigenvalue weighted by atomic mass is 32.1. The third-order valence-corrected chi connectivity index (χ3v) is 2.87. The third kappa shape index (κ3) is 2.22. The van der Waals surface area contributed by atoms with Gasteiger partial charge in [-0.1, -0.05) is 0 Å². The Morgan fingerprint density at radius 1 is 1.57 bits per heavy atom. The van der Waals surface area contributed by atoms with Crippen LogP contribution < -0.4 is 5.32 Å². The second-order valence-electron chi connectivity index (χ2n) is 4.40. The van der Waals surface area contributed by atoms with E-state index in [-0.39, 0.29) is 12.1 Å². The van der Waals surface area contributed by atoms with E-state index >= 15 is 0 Å². The Morgan fingerprint density at radius 3 is 2.86 bits per heavy atom. The number of aromatic nitrogens is 2. The molecule has 0 aromatic carbocycles. The van der Waals surface area contributed by atoms with Crippen LogP contribution in [0.2, 0.25) is 0 Å². The maximum atomic E-state index is 9.08. The molecule has 1 heterocycles. The molecule has 1 fully saturated rings. The fourth-order valence-corrected chi connectivity index (χ4v) is 1.95. The minimum absolute atomic E-state index is 0.0886. The predicted molar refractivity (Wildman–Crippen MR) is 56.7 cm³/mol. The Balaban J connectivity index is 2.02. The first-order valence-electron chi connectivity index (χ1n) is 4.83. The van der Waals surface area contributed by atoms with Gasteiger partial charge in [0.05, 0.1) is 12.1 Å². The topological polar surface area (TPSA) is 58.0 Å². The van der Waals surface area contributed by atoms with Crippen LogP contribution in [0.15, 0.2) is 0 Å². The van der Waals surface area contributed by atoms with Crippen molar-refractivity contribution in [3.63, 3.8) is 0 Å². The monoisotopic (exact) mass is 213 g/mol. The first-order chi connectivity index (χ1) is 6.61. The van der Waals surface area contributed by atoms with Gasteiger partial charge in [-0.25, -0.2) is 4.98 Å². The van der Waals surface area contributed by atoms with Gasteiger partial charge in [0.1, 0.15) is 5.82 Å². The summed E-state index contributed by atoms with van der Waals surface area (Å²) in [5, 5.41) is 13.1. The molecule has 0 aliphatic heterocycles. The highest BCUT2D eigenvalue weighted by molar-refractivity contribution is 7.09. The molecule has 2 rings (SSSR count). The zero-order chi connectivity index (χ0) is 10.2. The number of aliphatic hydroxyl groups excluding tert-OH is 1. The molecular weight excluding hydrogens is 198 g/mol. The summed E-state index contributed by atoms with van der Waals surface area (Å²) >= 11 is 1.38. The number of hydrogen-bond donors (Lipinski definition) is 2. The van der Waals surface area contributed by atoms with Crippen molar-refractivity contribution < 1.29 is 5.11 Å². The minimum Gasteiger partial charge on any atom is -0.394 e. The van der Waals surface area contributed by atoms with Crippen molar-refractivity contribution in [1.82, 2.24) is 9.36 Å². The van der Waals surface area contributed by atoms with Crippen molar-refractivity contribution in [2.45, 2.75) is 38.1 Å². The summed E-state index contributed by atoms with van der Waals surface area (Å²) < 4.78 is 4.28. The number of anilines is 1. The zero-order valence-corrected chi connectivity index (χ0v) is 9.27. The van der Waals surface area contributed by atoms with Crippen molar-refractivity contribution >= 4 is 16.7 Å². The summed E-state index contributed by atoms with van der Waals surface area (Å²) in [5.41, 5.74) is -0.319. The van der Waals surface area contributed by atoms with Gasteiger partial charge in [0, 0.05) is 17.5 Å². The van der Waals surface area contributed by atoms with Crippen LogP contribution in [-0.2, 0) is 0 Å². The molecule has 14 heavy (non-hydrogen) atoms. The van der Waals surface area contributed by atoms with Crippen molar-refractivity contribution in [3.8, 4) is 0 Å². The minimum atomic E-state index is -0.319. The summed E-state index contributed by atoms with van der Waals surface area (Å²) in [6, 6.07) is 0. The van der Waals surface area contributed by atoms with Gasteiger partial charge in [0.25, 0.3) is 0 Å². The van der Waals surface area contributed by atoms with Gasteiger partial charge >= 0.3 is 0 Å². The molecule has 5 heteroatoms. The first kappa shape index (κ1) is 9.86. The fourth-order valence-electron chi connectivity index (χ4n) is 1.12. The highest BCUT2D eigenvalue weighted by Crippen LogP contribution is 2.39. The number of rotatable bonds is 4. The van der Waals surface area contributed by atoms with Gasteiger partial charge in [0.2, 0.25) is 5.13 Å². The van der Waals surface area contributed by atoms with Crippen LogP contribution in [0.3, 0.4) is 0 Å². The lowest BCUT2D eigenvalue weighted by molar-refractivity contribution is 0.234. The summed E-state index contributed by atoms with van der Waals surface area (Å²) in [6.45, 7) is 3.96. The van der Waals surface area contributed by atoms with Gasteiger partial charge < -0.3 is 10.4 Å². The number of hydrogen-bond acceptors (Lipinski definition) is 5. The molecule has 0 amide bonds. The van der Waals surface area contributed by atoms with E-state index in [2.05, 4.69) is 14.7 Å². The van der Waals surface area contributed by atoms with Gasteiger partial charge in [-0.15, -0.1) is 0 Å². The lowest BCUT2D eigenvalue weighted by atomic mass is 10.1. The second kappa shape index (κ2) is 3.47. The van der Waals surface area contributed by atoms with Gasteiger partial charge in [-0.3, -0.25) is 0 Å². The average Bonchev–Trinajstić information content (AvgIpc) is 2.89. The van der Waals surface area contributed by atoms with E-state index < -0.39 is 0 Å². The molecule has 0 bridgehead atoms. The number of aliphatic hydroxyl groups is 1. The standard InChI is InChI=1S/C9H15N3OS/c1-9(2,5-13)11-8-10-7(12-14-8)6-3-4-6/h6,13H,3-5H2,1-2H3,(H,10,11,12). The lowest BCUT2D eigenvalue weighted by Gasteiger charge is -2.22. The van der Waals surface area contributed by atoms with Crippen molar-refractivity contribution in [3.05, 3.63) is 5.82 Å². The van der Waals surface area contributed by atoms with Crippen LogP contribution >= 0.6 is 11.5 Å². The van der Waals surface area contributed by atoms with Crippen LogP contribution in [0.5, 0.6) is 0 Å². The van der Waals surface area contributed by atoms with Crippen LogP contribution in [0, 0.1) is 0 Å². The van der Waals surface area contributed by atoms with Crippen LogP contribution in [0.4, 0.5) is 5.13 Å². The number of nitrogens with zero attached hydrogens (tertiary/aromatic N) is 2. The molecule has 78 valence electrons. The second-order valence-corrected chi connectivity index (χ2v) is 5.15. The van der Waals surface area contributed by atoms with Crippen molar-refractivity contribution in [2.75, 3.05) is 11.9 Å². The summed E-state index contributed by atoms with van der Waals surface area (Å²) in [7, 11) is 0. The van der Waals surface area contributed by atoms with E-state index in [0.29, 0.717) is 5.92 Å². The molecule has 4 nitrogen and oxygen atoms in total. The quantitative estimate of drug-likeness (QED) is 0.797. The molecule has 2 N–H and O–H groups in total. The maximum Gasteiger partial charge on any atom is 0.203 e. The molecule has 0 spiro atoms. The predicted octanol–water partition coefficient (Wildman–Crippen LogP) is 1.60. The molecule has 0 saturated heterocycles. The summed E-state index contributed by atoms with van der Waals surface area (Å²) in [5.74, 6) is 1.56. The van der Waals surface area contributed by atoms with E-state index in [1.54, 1.807) is 0 Å². The third-order valence-electron chi connectivity index (χ3n) is 2.22. The smallest absolute Gasteiger partial charge is 0.203 e. The molecule has 0 unspecified atom stereocenters. The molecule has 1 aliphatic carbocycles. The Bertz CT molecular complexity index is 320. The van der Waals surface area contributed by atoms with Crippen molar-refractivity contribution in [2.24, 2.45) is 0 Å². The molecular formula is C9H15N3OS. The number of nitrogens with one attached hydrogen (secondary N) is 1. The Morgan fingerprint density at radius 2 is 2.29 bits per heavy atom. The molecule has 1 aromatic rings. The van der Waals surface area contributed by atoms with E-state index in [4.69, 9.17) is 5.11 Å². The van der Waals surface area contributed by atoms with Gasteiger partial charge in [0.15, 0.2) is 0 Å². The maximum absolute atomic E-state index is 9.08. The molecule has 0 atom stereocenters. The average molecular weight is 213 g/mol.